The van der Waals surface area contributed by atoms with Gasteiger partial charge in [-0.1, -0.05) is 35.9 Å². The minimum absolute atomic E-state index is 0.314. The van der Waals surface area contributed by atoms with E-state index in [9.17, 15) is 4.39 Å². The number of hydrogen-bond acceptors (Lipinski definition) is 2. The predicted molar refractivity (Wildman–Crippen MR) is 84.1 cm³/mol. The number of nitrogens with zero attached hydrogens (tertiary/aromatic N) is 2. The van der Waals surface area contributed by atoms with Crippen LogP contribution in [0.5, 0.6) is 0 Å². The fourth-order valence-electron chi connectivity index (χ4n) is 2.41. The molecule has 1 N–H and O–H groups in total. The topological polar surface area (TPSA) is 29.9 Å². The zero-order valence-electron chi connectivity index (χ0n) is 11.6. The van der Waals surface area contributed by atoms with E-state index in [-0.39, 0.29) is 5.82 Å². The molecular formula is C16H15ClFN3. The second-order valence-electron chi connectivity index (χ2n) is 4.73. The maximum Gasteiger partial charge on any atom is 0.147 e. The Morgan fingerprint density at radius 2 is 2.00 bits per heavy atom. The normalized spacial score (nSPS) is 11.0. The summed E-state index contributed by atoms with van der Waals surface area (Å²) in [6.07, 6.45) is 0. The molecule has 108 valence electrons. The fourth-order valence-corrected chi connectivity index (χ4v) is 2.64. The summed E-state index contributed by atoms with van der Waals surface area (Å²) < 4.78 is 15.7. The average Bonchev–Trinajstić information content (AvgIpc) is 2.85. The Morgan fingerprint density at radius 3 is 2.76 bits per heavy atom. The highest BCUT2D eigenvalue weighted by atomic mass is 35.5. The fraction of sp³-hybridized carbons (Fsp3) is 0.188. The van der Waals surface area contributed by atoms with Gasteiger partial charge in [-0.15, -0.1) is 0 Å². The molecule has 0 saturated heterocycles. The van der Waals surface area contributed by atoms with Crippen LogP contribution in [-0.2, 0) is 13.1 Å². The molecule has 1 heterocycles. The molecule has 0 unspecified atom stereocenters. The highest BCUT2D eigenvalue weighted by molar-refractivity contribution is 6.33. The number of halogens is 2. The Morgan fingerprint density at radius 1 is 1.19 bits per heavy atom. The monoisotopic (exact) mass is 303 g/mol. The van der Waals surface area contributed by atoms with Crippen LogP contribution in [0.4, 0.5) is 10.1 Å². The number of hydrogen-bond donors (Lipinski definition) is 1. The number of aryl methyl sites for hydroxylation is 1. The molecule has 5 heteroatoms. The van der Waals surface area contributed by atoms with Gasteiger partial charge in [-0.25, -0.2) is 4.39 Å². The van der Waals surface area contributed by atoms with Crippen molar-refractivity contribution in [3.05, 3.63) is 59.0 Å². The molecule has 0 atom stereocenters. The number of aromatic nitrogens is 2. The Hall–Kier alpha value is -2.07. The van der Waals surface area contributed by atoms with Crippen LogP contribution >= 0.6 is 11.6 Å². The Kier molecular flexibility index (Phi) is 3.80. The van der Waals surface area contributed by atoms with Gasteiger partial charge in [0, 0.05) is 11.9 Å². The Labute approximate surface area is 127 Å². The summed E-state index contributed by atoms with van der Waals surface area (Å²) in [7, 11) is 0. The van der Waals surface area contributed by atoms with Crippen LogP contribution in [0.25, 0.3) is 10.9 Å². The van der Waals surface area contributed by atoms with Gasteiger partial charge in [0.2, 0.25) is 0 Å². The van der Waals surface area contributed by atoms with Gasteiger partial charge >= 0.3 is 0 Å². The summed E-state index contributed by atoms with van der Waals surface area (Å²) in [6.45, 7) is 3.26. The highest BCUT2D eigenvalue weighted by Crippen LogP contribution is 2.26. The van der Waals surface area contributed by atoms with Crippen molar-refractivity contribution in [3.63, 3.8) is 0 Å². The van der Waals surface area contributed by atoms with E-state index in [1.165, 1.54) is 6.07 Å². The molecule has 3 aromatic rings. The molecule has 0 radical (unpaired) electrons. The van der Waals surface area contributed by atoms with E-state index in [1.54, 1.807) is 12.1 Å². The first-order valence-corrected chi connectivity index (χ1v) is 7.20. The first-order valence-electron chi connectivity index (χ1n) is 6.83. The number of rotatable bonds is 4. The maximum atomic E-state index is 13.8. The van der Waals surface area contributed by atoms with Crippen molar-refractivity contribution < 1.29 is 4.39 Å². The van der Waals surface area contributed by atoms with Crippen LogP contribution in [0.2, 0.25) is 5.02 Å². The van der Waals surface area contributed by atoms with Gasteiger partial charge in [0.25, 0.3) is 0 Å². The van der Waals surface area contributed by atoms with Crippen LogP contribution in [0, 0.1) is 5.82 Å². The van der Waals surface area contributed by atoms with Gasteiger partial charge in [0.1, 0.15) is 5.82 Å². The lowest BCUT2D eigenvalue weighted by Gasteiger charge is -2.08. The quantitative estimate of drug-likeness (QED) is 0.771. The van der Waals surface area contributed by atoms with E-state index in [4.69, 9.17) is 11.6 Å². The molecule has 0 aliphatic heterocycles. The third-order valence-electron chi connectivity index (χ3n) is 3.43. The van der Waals surface area contributed by atoms with Crippen LogP contribution in [0.15, 0.2) is 42.5 Å². The van der Waals surface area contributed by atoms with Gasteiger partial charge in [0.05, 0.1) is 28.5 Å². The van der Waals surface area contributed by atoms with Gasteiger partial charge in [-0.05, 0) is 25.1 Å². The average molecular weight is 304 g/mol. The Balaban J connectivity index is 1.92. The second-order valence-corrected chi connectivity index (χ2v) is 5.14. The lowest BCUT2D eigenvalue weighted by atomic mass is 10.2. The molecule has 2 aromatic carbocycles. The van der Waals surface area contributed by atoms with Crippen molar-refractivity contribution in [2.75, 3.05) is 5.32 Å². The molecular weight excluding hydrogens is 289 g/mol. The third kappa shape index (κ3) is 2.59. The lowest BCUT2D eigenvalue weighted by Crippen LogP contribution is -2.04. The second kappa shape index (κ2) is 5.74. The molecule has 21 heavy (non-hydrogen) atoms. The van der Waals surface area contributed by atoms with Crippen LogP contribution in [0.3, 0.4) is 0 Å². The van der Waals surface area contributed by atoms with E-state index in [0.29, 0.717) is 17.3 Å². The lowest BCUT2D eigenvalue weighted by molar-refractivity contribution is 0.629. The summed E-state index contributed by atoms with van der Waals surface area (Å²) in [5.41, 5.74) is 2.28. The van der Waals surface area contributed by atoms with Gasteiger partial charge < -0.3 is 5.32 Å². The zero-order valence-corrected chi connectivity index (χ0v) is 12.4. The van der Waals surface area contributed by atoms with Crippen molar-refractivity contribution in [3.8, 4) is 0 Å². The van der Waals surface area contributed by atoms with E-state index < -0.39 is 0 Å². The number of fused-ring (bicyclic) bond motifs is 1. The third-order valence-corrected chi connectivity index (χ3v) is 3.74. The van der Waals surface area contributed by atoms with Gasteiger partial charge in [-0.3, -0.25) is 4.68 Å². The number of anilines is 1. The maximum absolute atomic E-state index is 13.8. The largest absolute Gasteiger partial charge is 0.376 e. The summed E-state index contributed by atoms with van der Waals surface area (Å²) in [5, 5.41) is 9.05. The minimum atomic E-state index is -0.360. The van der Waals surface area contributed by atoms with E-state index >= 15 is 0 Å². The molecule has 0 bridgehead atoms. The number of nitrogens with one attached hydrogen (secondary N) is 1. The molecule has 0 saturated carbocycles. The van der Waals surface area contributed by atoms with Gasteiger partial charge in [0.15, 0.2) is 0 Å². The first kappa shape index (κ1) is 13.9. The van der Waals surface area contributed by atoms with Crippen molar-refractivity contribution >= 4 is 28.2 Å². The summed E-state index contributed by atoms with van der Waals surface area (Å²) in [5.74, 6) is -0.360. The van der Waals surface area contributed by atoms with E-state index in [2.05, 4.69) is 10.4 Å². The first-order chi connectivity index (χ1) is 10.2. The van der Waals surface area contributed by atoms with E-state index in [0.717, 1.165) is 23.1 Å². The molecule has 0 aliphatic rings. The van der Waals surface area contributed by atoms with Gasteiger partial charge in [-0.2, -0.15) is 5.10 Å². The number of benzene rings is 2. The molecule has 0 amide bonds. The van der Waals surface area contributed by atoms with Crippen molar-refractivity contribution in [2.45, 2.75) is 20.0 Å². The van der Waals surface area contributed by atoms with Crippen molar-refractivity contribution in [1.29, 1.82) is 0 Å². The minimum Gasteiger partial charge on any atom is -0.376 e. The standard InChI is InChI=1S/C16H15ClFN3/c1-2-21-15-9-4-3-6-11(15)14(20-21)10-19-16-12(17)7-5-8-13(16)18/h3-9,19H,2,10H2,1H3. The van der Waals surface area contributed by atoms with E-state index in [1.807, 2.05) is 35.9 Å². The van der Waals surface area contributed by atoms with Crippen molar-refractivity contribution in [1.82, 2.24) is 9.78 Å². The van der Waals surface area contributed by atoms with Crippen LogP contribution in [0.1, 0.15) is 12.6 Å². The summed E-state index contributed by atoms with van der Waals surface area (Å²) >= 11 is 6.02. The molecule has 0 aliphatic carbocycles. The zero-order chi connectivity index (χ0) is 14.8. The molecule has 1 aromatic heterocycles. The Bertz CT molecular complexity index is 762. The smallest absolute Gasteiger partial charge is 0.147 e. The van der Waals surface area contributed by atoms with Crippen LogP contribution < -0.4 is 5.32 Å². The summed E-state index contributed by atoms with van der Waals surface area (Å²) in [4.78, 5) is 0. The molecule has 3 nitrogen and oxygen atoms in total. The molecule has 0 spiro atoms. The molecule has 0 fully saturated rings. The van der Waals surface area contributed by atoms with Crippen LogP contribution in [-0.4, -0.2) is 9.78 Å². The SMILES string of the molecule is CCn1nc(CNc2c(F)cccc2Cl)c2ccccc21. The highest BCUT2D eigenvalue weighted by Gasteiger charge is 2.11. The number of para-hydroxylation sites is 2. The predicted octanol–water partition coefficient (Wildman–Crippen LogP) is 4.46. The molecule has 3 rings (SSSR count). The van der Waals surface area contributed by atoms with Crippen molar-refractivity contribution in [2.24, 2.45) is 0 Å². The summed E-state index contributed by atoms with van der Waals surface area (Å²) in [6, 6.07) is 12.7.